The summed E-state index contributed by atoms with van der Waals surface area (Å²) in [5.41, 5.74) is 2.65. The summed E-state index contributed by atoms with van der Waals surface area (Å²) in [5, 5.41) is 17.6. The number of fused-ring (bicyclic) bond motifs is 1. The molecule has 7 nitrogen and oxygen atoms in total. The van der Waals surface area contributed by atoms with Crippen molar-refractivity contribution in [3.63, 3.8) is 0 Å². The van der Waals surface area contributed by atoms with Crippen LogP contribution in [0.3, 0.4) is 0 Å². The van der Waals surface area contributed by atoms with Crippen LogP contribution in [0.15, 0.2) is 41.6 Å². The van der Waals surface area contributed by atoms with E-state index in [1.807, 2.05) is 41.9 Å². The first-order chi connectivity index (χ1) is 13.2. The van der Waals surface area contributed by atoms with Gasteiger partial charge in [0.25, 0.3) is 0 Å². The molecule has 1 saturated heterocycles. The van der Waals surface area contributed by atoms with Crippen LogP contribution in [0.25, 0.3) is 16.6 Å². The molecule has 1 fully saturated rings. The van der Waals surface area contributed by atoms with Gasteiger partial charge in [-0.25, -0.2) is 4.68 Å². The van der Waals surface area contributed by atoms with Crippen LogP contribution in [-0.4, -0.2) is 50.9 Å². The van der Waals surface area contributed by atoms with Gasteiger partial charge in [-0.15, -0.1) is 5.10 Å². The molecule has 140 valence electrons. The molecule has 1 aliphatic heterocycles. The molecule has 2 aromatic heterocycles. The molecular weight excluding hydrogens is 362 g/mol. The van der Waals surface area contributed by atoms with Gasteiger partial charge in [-0.1, -0.05) is 30.0 Å². The van der Waals surface area contributed by atoms with E-state index in [9.17, 15) is 4.79 Å². The van der Waals surface area contributed by atoms with Crippen LogP contribution in [0.5, 0.6) is 0 Å². The normalized spacial score (nSPS) is 16.7. The monoisotopic (exact) mass is 383 g/mol. The molecule has 1 aromatic carbocycles. The minimum absolute atomic E-state index is 0.0307. The summed E-state index contributed by atoms with van der Waals surface area (Å²) in [5.74, 6) is 0.247. The maximum Gasteiger partial charge on any atom is 0.230 e. The number of rotatable bonds is 6. The first-order valence-electron chi connectivity index (χ1n) is 9.00. The Labute approximate surface area is 161 Å². The standard InChI is InChI=1S/C19H21N5O2S/c1-13-16-11-21-24(14-6-3-2-4-7-14)18(16)19(23-22-13)27-12-17(25)20-10-15-8-5-9-26-15/h2-4,6-7,11,15H,5,8-10,12H2,1H3,(H,20,25)/t15-/m0/s1. The Morgan fingerprint density at radius 2 is 2.19 bits per heavy atom. The van der Waals surface area contributed by atoms with E-state index in [1.165, 1.54) is 11.8 Å². The molecule has 0 saturated carbocycles. The van der Waals surface area contributed by atoms with Gasteiger partial charge >= 0.3 is 0 Å². The van der Waals surface area contributed by atoms with Crippen molar-refractivity contribution in [3.05, 3.63) is 42.2 Å². The molecule has 1 N–H and O–H groups in total. The number of nitrogens with zero attached hydrogens (tertiary/aromatic N) is 4. The molecule has 4 rings (SSSR count). The SMILES string of the molecule is Cc1nnc(SCC(=O)NC[C@@H]2CCCO2)c2c1cnn2-c1ccccc1. The lowest BCUT2D eigenvalue weighted by Crippen LogP contribution is -2.32. The third-order valence-corrected chi connectivity index (χ3v) is 5.50. The molecule has 1 amide bonds. The molecule has 1 aliphatic rings. The number of aromatic nitrogens is 4. The highest BCUT2D eigenvalue weighted by atomic mass is 32.2. The lowest BCUT2D eigenvalue weighted by molar-refractivity contribution is -0.119. The Bertz CT molecular complexity index is 938. The lowest BCUT2D eigenvalue weighted by Gasteiger charge is -2.11. The molecular formula is C19H21N5O2S. The van der Waals surface area contributed by atoms with E-state index in [0.29, 0.717) is 11.6 Å². The van der Waals surface area contributed by atoms with E-state index < -0.39 is 0 Å². The summed E-state index contributed by atoms with van der Waals surface area (Å²) in [7, 11) is 0. The van der Waals surface area contributed by atoms with E-state index in [2.05, 4.69) is 20.6 Å². The number of hydrogen-bond donors (Lipinski definition) is 1. The van der Waals surface area contributed by atoms with Gasteiger partial charge in [0.1, 0.15) is 10.5 Å². The zero-order valence-electron chi connectivity index (χ0n) is 15.1. The second-order valence-corrected chi connectivity index (χ2v) is 7.44. The fourth-order valence-corrected chi connectivity index (χ4v) is 3.92. The van der Waals surface area contributed by atoms with Gasteiger partial charge < -0.3 is 10.1 Å². The average molecular weight is 383 g/mol. The van der Waals surface area contributed by atoms with E-state index in [-0.39, 0.29) is 17.8 Å². The number of amides is 1. The first-order valence-corrected chi connectivity index (χ1v) is 9.98. The molecule has 1 atom stereocenters. The number of ether oxygens (including phenoxy) is 1. The minimum atomic E-state index is -0.0307. The number of hydrogen-bond acceptors (Lipinski definition) is 6. The van der Waals surface area contributed by atoms with E-state index in [0.717, 1.165) is 41.7 Å². The van der Waals surface area contributed by atoms with Crippen molar-refractivity contribution >= 4 is 28.6 Å². The number of nitrogens with one attached hydrogen (secondary N) is 1. The van der Waals surface area contributed by atoms with Crippen molar-refractivity contribution in [1.82, 2.24) is 25.3 Å². The molecule has 0 unspecified atom stereocenters. The predicted molar refractivity (Wildman–Crippen MR) is 104 cm³/mol. The summed E-state index contributed by atoms with van der Waals surface area (Å²) < 4.78 is 7.39. The van der Waals surface area contributed by atoms with Gasteiger partial charge in [-0.2, -0.15) is 10.2 Å². The first kappa shape index (κ1) is 17.9. The van der Waals surface area contributed by atoms with Crippen LogP contribution in [0, 0.1) is 6.92 Å². The van der Waals surface area contributed by atoms with E-state index in [1.54, 1.807) is 6.20 Å². The highest BCUT2D eigenvalue weighted by molar-refractivity contribution is 8.00. The Morgan fingerprint density at radius 1 is 1.33 bits per heavy atom. The van der Waals surface area contributed by atoms with Gasteiger partial charge in [0.2, 0.25) is 5.91 Å². The Kier molecular flexibility index (Phi) is 5.35. The number of carbonyl (C=O) groups excluding carboxylic acids is 1. The van der Waals surface area contributed by atoms with Gasteiger partial charge in [-0.3, -0.25) is 4.79 Å². The Balaban J connectivity index is 1.52. The number of thioether (sulfide) groups is 1. The summed E-state index contributed by atoms with van der Waals surface area (Å²) >= 11 is 1.38. The average Bonchev–Trinajstić information content (AvgIpc) is 3.37. The molecule has 0 radical (unpaired) electrons. The smallest absolute Gasteiger partial charge is 0.230 e. The van der Waals surface area contributed by atoms with Crippen molar-refractivity contribution in [1.29, 1.82) is 0 Å². The van der Waals surface area contributed by atoms with Crippen LogP contribution < -0.4 is 5.32 Å². The predicted octanol–water partition coefficient (Wildman–Crippen LogP) is 2.51. The van der Waals surface area contributed by atoms with Crippen molar-refractivity contribution in [2.75, 3.05) is 18.9 Å². The molecule has 8 heteroatoms. The quantitative estimate of drug-likeness (QED) is 0.659. The zero-order chi connectivity index (χ0) is 18.6. The fourth-order valence-electron chi connectivity index (χ4n) is 3.12. The lowest BCUT2D eigenvalue weighted by atomic mass is 10.2. The van der Waals surface area contributed by atoms with Crippen molar-refractivity contribution in [3.8, 4) is 5.69 Å². The highest BCUT2D eigenvalue weighted by Gasteiger charge is 2.18. The number of aryl methyl sites for hydroxylation is 1. The molecule has 3 aromatic rings. The topological polar surface area (TPSA) is 81.9 Å². The van der Waals surface area contributed by atoms with Crippen LogP contribution >= 0.6 is 11.8 Å². The second kappa shape index (κ2) is 8.06. The summed E-state index contributed by atoms with van der Waals surface area (Å²) in [6.45, 7) is 3.27. The second-order valence-electron chi connectivity index (χ2n) is 6.47. The zero-order valence-corrected chi connectivity index (χ0v) is 15.9. The summed E-state index contributed by atoms with van der Waals surface area (Å²) in [6.07, 6.45) is 4.02. The third-order valence-electron chi connectivity index (χ3n) is 4.54. The van der Waals surface area contributed by atoms with Gasteiger partial charge in [-0.05, 0) is 31.9 Å². The summed E-state index contributed by atoms with van der Waals surface area (Å²) in [6, 6.07) is 9.88. The van der Waals surface area contributed by atoms with Crippen molar-refractivity contribution in [2.24, 2.45) is 0 Å². The Hall–Kier alpha value is -2.45. The number of carbonyl (C=O) groups is 1. The van der Waals surface area contributed by atoms with E-state index >= 15 is 0 Å². The maximum atomic E-state index is 12.2. The van der Waals surface area contributed by atoms with Crippen LogP contribution in [0.2, 0.25) is 0 Å². The van der Waals surface area contributed by atoms with Crippen molar-refractivity contribution < 1.29 is 9.53 Å². The fraction of sp³-hybridized carbons (Fsp3) is 0.368. The minimum Gasteiger partial charge on any atom is -0.376 e. The van der Waals surface area contributed by atoms with Crippen LogP contribution in [-0.2, 0) is 9.53 Å². The molecule has 0 spiro atoms. The van der Waals surface area contributed by atoms with Gasteiger partial charge in [0.05, 0.1) is 29.4 Å². The van der Waals surface area contributed by atoms with Crippen molar-refractivity contribution in [2.45, 2.75) is 30.9 Å². The van der Waals surface area contributed by atoms with Gasteiger partial charge in [0.15, 0.2) is 0 Å². The Morgan fingerprint density at radius 3 is 2.96 bits per heavy atom. The number of benzene rings is 1. The largest absolute Gasteiger partial charge is 0.376 e. The summed E-state index contributed by atoms with van der Waals surface area (Å²) in [4.78, 5) is 12.2. The molecule has 0 bridgehead atoms. The third kappa shape index (κ3) is 3.96. The number of para-hydroxylation sites is 1. The molecule has 27 heavy (non-hydrogen) atoms. The van der Waals surface area contributed by atoms with Crippen LogP contribution in [0.4, 0.5) is 0 Å². The van der Waals surface area contributed by atoms with Gasteiger partial charge in [0, 0.05) is 18.5 Å². The van der Waals surface area contributed by atoms with Crippen LogP contribution in [0.1, 0.15) is 18.5 Å². The highest BCUT2D eigenvalue weighted by Crippen LogP contribution is 2.28. The maximum absolute atomic E-state index is 12.2. The molecule has 3 heterocycles. The van der Waals surface area contributed by atoms with E-state index in [4.69, 9.17) is 4.74 Å². The molecule has 0 aliphatic carbocycles.